The molecule has 1 aromatic rings. The third-order valence-corrected chi connectivity index (χ3v) is 3.67. The zero-order valence-corrected chi connectivity index (χ0v) is 11.8. The van der Waals surface area contributed by atoms with E-state index in [1.807, 2.05) is 6.07 Å². The Hall–Kier alpha value is -0.260. The zero-order chi connectivity index (χ0) is 11.5. The van der Waals surface area contributed by atoms with Crippen molar-refractivity contribution in [3.8, 4) is 0 Å². The summed E-state index contributed by atoms with van der Waals surface area (Å²) in [5.41, 5.74) is 0.523. The fraction of sp³-hybridized carbons (Fsp3) is 0.455. The summed E-state index contributed by atoms with van der Waals surface area (Å²) in [6.45, 7) is 1.34. The molecule has 2 heterocycles. The first kappa shape index (κ1) is 12.2. The molecule has 1 fully saturated rings. The lowest BCUT2D eigenvalue weighted by Gasteiger charge is -2.20. The van der Waals surface area contributed by atoms with Gasteiger partial charge < -0.3 is 4.74 Å². The Bertz CT molecular complexity index is 403. The number of hydrogen-bond acceptors (Lipinski definition) is 3. The summed E-state index contributed by atoms with van der Waals surface area (Å²) in [5.74, 6) is 0.168. The lowest BCUT2D eigenvalue weighted by atomic mass is 9.93. The molecule has 1 aliphatic heterocycles. The van der Waals surface area contributed by atoms with Gasteiger partial charge in [-0.3, -0.25) is 9.78 Å². The van der Waals surface area contributed by atoms with Gasteiger partial charge in [0.1, 0.15) is 5.69 Å². The van der Waals surface area contributed by atoms with Crippen molar-refractivity contribution in [2.45, 2.75) is 12.8 Å². The minimum absolute atomic E-state index is 0.0544. The van der Waals surface area contributed by atoms with Crippen molar-refractivity contribution in [1.82, 2.24) is 4.98 Å². The van der Waals surface area contributed by atoms with Gasteiger partial charge in [0, 0.05) is 34.3 Å². The van der Waals surface area contributed by atoms with Gasteiger partial charge in [0.15, 0.2) is 5.78 Å². The summed E-state index contributed by atoms with van der Waals surface area (Å²) in [4.78, 5) is 16.3. The van der Waals surface area contributed by atoms with Crippen LogP contribution in [-0.2, 0) is 4.74 Å². The van der Waals surface area contributed by atoms with Crippen LogP contribution in [0.15, 0.2) is 21.2 Å². The number of ketones is 1. The Labute approximate surface area is 111 Å². The summed E-state index contributed by atoms with van der Waals surface area (Å²) in [7, 11) is 0. The van der Waals surface area contributed by atoms with Crippen molar-refractivity contribution in [2.75, 3.05) is 13.2 Å². The number of aromatic nitrogens is 1. The number of Topliss-reactive ketones (excluding diaryl/α,β-unsaturated/α-hetero) is 1. The summed E-state index contributed by atoms with van der Waals surface area (Å²) < 4.78 is 6.86. The fourth-order valence-corrected chi connectivity index (χ4v) is 2.93. The zero-order valence-electron chi connectivity index (χ0n) is 8.58. The van der Waals surface area contributed by atoms with Gasteiger partial charge in [-0.1, -0.05) is 0 Å². The molecule has 16 heavy (non-hydrogen) atoms. The van der Waals surface area contributed by atoms with E-state index in [0.717, 1.165) is 21.8 Å². The maximum absolute atomic E-state index is 12.2. The maximum Gasteiger partial charge on any atom is 0.185 e. The third-order valence-electron chi connectivity index (χ3n) is 2.63. The van der Waals surface area contributed by atoms with Crippen LogP contribution in [-0.4, -0.2) is 24.0 Å². The Morgan fingerprint density at radius 2 is 2.06 bits per heavy atom. The van der Waals surface area contributed by atoms with Gasteiger partial charge in [0.05, 0.1) is 0 Å². The minimum atomic E-state index is 0.0544. The molecule has 5 heteroatoms. The molecule has 0 amide bonds. The van der Waals surface area contributed by atoms with Gasteiger partial charge in [-0.05, 0) is 50.8 Å². The predicted molar refractivity (Wildman–Crippen MR) is 67.5 cm³/mol. The van der Waals surface area contributed by atoms with Crippen molar-refractivity contribution >= 4 is 37.6 Å². The highest BCUT2D eigenvalue weighted by molar-refractivity contribution is 9.11. The first-order valence-corrected chi connectivity index (χ1v) is 6.70. The van der Waals surface area contributed by atoms with E-state index in [1.54, 1.807) is 6.20 Å². The van der Waals surface area contributed by atoms with E-state index in [2.05, 4.69) is 36.8 Å². The minimum Gasteiger partial charge on any atom is -0.381 e. The highest BCUT2D eigenvalue weighted by Crippen LogP contribution is 2.25. The van der Waals surface area contributed by atoms with Crippen LogP contribution in [0.1, 0.15) is 23.3 Å². The maximum atomic E-state index is 12.2. The number of carbonyl (C=O) groups excluding carboxylic acids is 1. The topological polar surface area (TPSA) is 39.2 Å². The van der Waals surface area contributed by atoms with Crippen molar-refractivity contribution in [2.24, 2.45) is 5.92 Å². The molecular formula is C11H11Br2NO2. The van der Waals surface area contributed by atoms with Crippen LogP contribution in [0.5, 0.6) is 0 Å². The molecule has 86 valence electrons. The molecule has 3 nitrogen and oxygen atoms in total. The molecule has 0 aliphatic carbocycles. The lowest BCUT2D eigenvalue weighted by Crippen LogP contribution is -2.24. The van der Waals surface area contributed by atoms with Crippen molar-refractivity contribution < 1.29 is 9.53 Å². The van der Waals surface area contributed by atoms with E-state index in [9.17, 15) is 4.79 Å². The first-order chi connectivity index (χ1) is 7.68. The Morgan fingerprint density at radius 1 is 1.38 bits per heavy atom. The highest BCUT2D eigenvalue weighted by Gasteiger charge is 2.25. The molecular weight excluding hydrogens is 338 g/mol. The summed E-state index contributed by atoms with van der Waals surface area (Å²) >= 11 is 6.69. The van der Waals surface area contributed by atoms with Gasteiger partial charge in [-0.15, -0.1) is 0 Å². The molecule has 1 saturated heterocycles. The molecule has 0 atom stereocenters. The van der Waals surface area contributed by atoms with Crippen LogP contribution in [0.25, 0.3) is 0 Å². The SMILES string of the molecule is O=C(c1ncc(Br)cc1Br)C1CCOCC1. The average Bonchev–Trinajstić information content (AvgIpc) is 2.29. The van der Waals surface area contributed by atoms with Crippen LogP contribution in [0.3, 0.4) is 0 Å². The average molecular weight is 349 g/mol. The highest BCUT2D eigenvalue weighted by atomic mass is 79.9. The van der Waals surface area contributed by atoms with Gasteiger partial charge >= 0.3 is 0 Å². The van der Waals surface area contributed by atoms with Crippen molar-refractivity contribution in [3.05, 3.63) is 26.9 Å². The van der Waals surface area contributed by atoms with E-state index in [0.29, 0.717) is 18.9 Å². The van der Waals surface area contributed by atoms with Gasteiger partial charge in [0.2, 0.25) is 0 Å². The number of nitrogens with zero attached hydrogens (tertiary/aromatic N) is 1. The number of pyridine rings is 1. The van der Waals surface area contributed by atoms with Gasteiger partial charge in [-0.2, -0.15) is 0 Å². The largest absolute Gasteiger partial charge is 0.381 e. The molecule has 0 N–H and O–H groups in total. The second-order valence-corrected chi connectivity index (χ2v) is 5.50. The Kier molecular flexibility index (Phi) is 4.10. The molecule has 0 bridgehead atoms. The van der Waals surface area contributed by atoms with Gasteiger partial charge in [0.25, 0.3) is 0 Å². The molecule has 2 rings (SSSR count). The molecule has 0 radical (unpaired) electrons. The Morgan fingerprint density at radius 3 is 2.69 bits per heavy atom. The van der Waals surface area contributed by atoms with E-state index < -0.39 is 0 Å². The van der Waals surface area contributed by atoms with E-state index >= 15 is 0 Å². The molecule has 1 aromatic heterocycles. The van der Waals surface area contributed by atoms with E-state index in [-0.39, 0.29) is 11.7 Å². The third kappa shape index (κ3) is 2.70. The molecule has 0 spiro atoms. The number of ether oxygens (including phenoxy) is 1. The van der Waals surface area contributed by atoms with E-state index in [4.69, 9.17) is 4.74 Å². The smallest absolute Gasteiger partial charge is 0.185 e. The lowest BCUT2D eigenvalue weighted by molar-refractivity contribution is 0.0541. The van der Waals surface area contributed by atoms with Crippen molar-refractivity contribution in [1.29, 1.82) is 0 Å². The summed E-state index contributed by atoms with van der Waals surface area (Å²) in [6, 6.07) is 1.85. The van der Waals surface area contributed by atoms with Crippen LogP contribution in [0.4, 0.5) is 0 Å². The first-order valence-electron chi connectivity index (χ1n) is 5.11. The van der Waals surface area contributed by atoms with Crippen molar-refractivity contribution in [3.63, 3.8) is 0 Å². The molecule has 1 aliphatic rings. The van der Waals surface area contributed by atoms with Crippen LogP contribution in [0, 0.1) is 5.92 Å². The van der Waals surface area contributed by atoms with Crippen LogP contribution >= 0.6 is 31.9 Å². The standard InChI is InChI=1S/C11H11Br2NO2/c12-8-5-9(13)10(14-6-8)11(15)7-1-3-16-4-2-7/h5-7H,1-4H2. The summed E-state index contributed by atoms with van der Waals surface area (Å²) in [6.07, 6.45) is 3.24. The molecule has 0 unspecified atom stereocenters. The quantitative estimate of drug-likeness (QED) is 0.770. The van der Waals surface area contributed by atoms with Gasteiger partial charge in [-0.25, -0.2) is 0 Å². The number of hydrogen-bond donors (Lipinski definition) is 0. The molecule has 0 aromatic carbocycles. The fourth-order valence-electron chi connectivity index (χ4n) is 1.75. The molecule has 0 saturated carbocycles. The monoisotopic (exact) mass is 347 g/mol. The Balaban J connectivity index is 2.19. The number of halogens is 2. The normalized spacial score (nSPS) is 17.4. The van der Waals surface area contributed by atoms with E-state index in [1.165, 1.54) is 0 Å². The number of rotatable bonds is 2. The second-order valence-electron chi connectivity index (χ2n) is 3.73. The van der Waals surface area contributed by atoms with Crippen LogP contribution in [0.2, 0.25) is 0 Å². The predicted octanol–water partition coefficient (Wildman–Crippen LogP) is 3.22. The summed E-state index contributed by atoms with van der Waals surface area (Å²) in [5, 5.41) is 0. The van der Waals surface area contributed by atoms with Crippen LogP contribution < -0.4 is 0 Å². The number of carbonyl (C=O) groups is 1. The second kappa shape index (κ2) is 5.38.